The lowest BCUT2D eigenvalue weighted by molar-refractivity contribution is -0.125. The highest BCUT2D eigenvalue weighted by atomic mass is 16.3. The van der Waals surface area contributed by atoms with Crippen molar-refractivity contribution in [2.45, 2.75) is 27.7 Å². The van der Waals surface area contributed by atoms with Crippen LogP contribution >= 0.6 is 0 Å². The van der Waals surface area contributed by atoms with Gasteiger partial charge in [0.05, 0.1) is 0 Å². The van der Waals surface area contributed by atoms with Crippen molar-refractivity contribution < 1.29 is 9.90 Å². The fourth-order valence-corrected chi connectivity index (χ4v) is 1.52. The van der Waals surface area contributed by atoms with Crippen molar-refractivity contribution in [3.8, 4) is 0 Å². The molecule has 0 unspecified atom stereocenters. The quantitative estimate of drug-likeness (QED) is 0.445. The molecule has 18 heavy (non-hydrogen) atoms. The first-order valence-corrected chi connectivity index (χ1v) is 6.17. The number of nitrogens with zero attached hydrogens (tertiary/aromatic N) is 1. The maximum absolute atomic E-state index is 11.9. The molecule has 3 nitrogen and oxygen atoms in total. The van der Waals surface area contributed by atoms with E-state index >= 15 is 0 Å². The van der Waals surface area contributed by atoms with Gasteiger partial charge in [-0.05, 0) is 33.3 Å². The molecular formula is C15H23NO2. The summed E-state index contributed by atoms with van der Waals surface area (Å²) in [6.07, 6.45) is 6.49. The third kappa shape index (κ3) is 4.62. The molecule has 0 radical (unpaired) electrons. The van der Waals surface area contributed by atoms with Gasteiger partial charge in [0.15, 0.2) is 0 Å². The lowest BCUT2D eigenvalue weighted by atomic mass is 10.1. The smallest absolute Gasteiger partial charge is 0.250 e. The first-order chi connectivity index (χ1) is 8.51. The van der Waals surface area contributed by atoms with Gasteiger partial charge in [-0.2, -0.15) is 0 Å². The fraction of sp³-hybridized carbons (Fsp3) is 0.400. The molecule has 0 aromatic heterocycles. The van der Waals surface area contributed by atoms with Gasteiger partial charge < -0.3 is 10.0 Å². The van der Waals surface area contributed by atoms with Gasteiger partial charge in [-0.15, -0.1) is 0 Å². The van der Waals surface area contributed by atoms with Crippen LogP contribution in [-0.2, 0) is 4.79 Å². The highest BCUT2D eigenvalue weighted by Crippen LogP contribution is 2.15. The van der Waals surface area contributed by atoms with E-state index in [0.717, 1.165) is 5.57 Å². The van der Waals surface area contributed by atoms with Crippen LogP contribution in [-0.4, -0.2) is 29.0 Å². The van der Waals surface area contributed by atoms with E-state index in [9.17, 15) is 9.90 Å². The van der Waals surface area contributed by atoms with Gasteiger partial charge in [0.1, 0.15) is 5.76 Å². The predicted octanol–water partition coefficient (Wildman–Crippen LogP) is 3.38. The molecule has 0 aliphatic carbocycles. The molecule has 0 bridgehead atoms. The minimum Gasteiger partial charge on any atom is -0.507 e. The number of aliphatic hydroxyl groups excluding tert-OH is 1. The SMILES string of the molecule is C=C/C(C)=C(/C=C/C)C(\O)=C\C(=O)N(CC)CC. The topological polar surface area (TPSA) is 40.5 Å². The average Bonchev–Trinajstić information content (AvgIpc) is 2.36. The molecule has 0 saturated heterocycles. The molecule has 0 rings (SSSR count). The van der Waals surface area contributed by atoms with Crippen LogP contribution < -0.4 is 0 Å². The molecule has 100 valence electrons. The van der Waals surface area contributed by atoms with Crippen LogP contribution in [0.3, 0.4) is 0 Å². The summed E-state index contributed by atoms with van der Waals surface area (Å²) in [4.78, 5) is 13.5. The highest BCUT2D eigenvalue weighted by molar-refractivity contribution is 5.88. The van der Waals surface area contributed by atoms with Crippen molar-refractivity contribution in [2.75, 3.05) is 13.1 Å². The van der Waals surface area contributed by atoms with Crippen molar-refractivity contribution >= 4 is 5.91 Å². The Morgan fingerprint density at radius 2 is 1.89 bits per heavy atom. The van der Waals surface area contributed by atoms with Crippen LogP contribution in [0.4, 0.5) is 0 Å². The summed E-state index contributed by atoms with van der Waals surface area (Å²) < 4.78 is 0. The van der Waals surface area contributed by atoms with E-state index < -0.39 is 0 Å². The number of aliphatic hydroxyl groups is 1. The number of amides is 1. The molecule has 1 amide bonds. The normalized spacial score (nSPS) is 13.4. The summed E-state index contributed by atoms with van der Waals surface area (Å²) >= 11 is 0. The second kappa shape index (κ2) is 8.34. The van der Waals surface area contributed by atoms with Gasteiger partial charge in [0, 0.05) is 24.7 Å². The predicted molar refractivity (Wildman–Crippen MR) is 76.4 cm³/mol. The van der Waals surface area contributed by atoms with E-state index in [4.69, 9.17) is 0 Å². The molecule has 0 aliphatic rings. The van der Waals surface area contributed by atoms with Crippen LogP contribution in [0.2, 0.25) is 0 Å². The molecule has 1 N–H and O–H groups in total. The Labute approximate surface area is 110 Å². The summed E-state index contributed by atoms with van der Waals surface area (Å²) in [6, 6.07) is 0. The Bertz CT molecular complexity index is 385. The van der Waals surface area contributed by atoms with Crippen molar-refractivity contribution in [1.82, 2.24) is 4.90 Å². The average molecular weight is 249 g/mol. The number of rotatable bonds is 6. The Balaban J connectivity index is 5.28. The monoisotopic (exact) mass is 249 g/mol. The molecule has 0 saturated carbocycles. The van der Waals surface area contributed by atoms with E-state index in [1.165, 1.54) is 6.08 Å². The summed E-state index contributed by atoms with van der Waals surface area (Å²) in [5, 5.41) is 10.0. The third-order valence-corrected chi connectivity index (χ3v) is 2.68. The van der Waals surface area contributed by atoms with Gasteiger partial charge in [-0.25, -0.2) is 0 Å². The zero-order valence-corrected chi connectivity index (χ0v) is 11.7. The standard InChI is InChI=1S/C15H23NO2/c1-6-10-13(12(5)7-2)14(17)11-15(18)16(8-3)9-4/h6-7,10-11,17H,2,8-9H2,1,3-5H3/b10-6+,13-12-,14-11-. The van der Waals surface area contributed by atoms with Crippen LogP contribution in [0.25, 0.3) is 0 Å². The van der Waals surface area contributed by atoms with Crippen LogP contribution in [0.5, 0.6) is 0 Å². The molecular weight excluding hydrogens is 226 g/mol. The Morgan fingerprint density at radius 3 is 2.28 bits per heavy atom. The number of carbonyl (C=O) groups excluding carboxylic acids is 1. The molecule has 0 heterocycles. The fourth-order valence-electron chi connectivity index (χ4n) is 1.52. The Hall–Kier alpha value is -1.77. The van der Waals surface area contributed by atoms with Gasteiger partial charge in [0.2, 0.25) is 5.91 Å². The van der Waals surface area contributed by atoms with Crippen molar-refractivity contribution in [3.05, 3.63) is 47.8 Å². The number of hydrogen-bond acceptors (Lipinski definition) is 2. The molecule has 0 spiro atoms. The minimum absolute atomic E-state index is 0.0256. The van der Waals surface area contributed by atoms with E-state index in [1.54, 1.807) is 17.1 Å². The third-order valence-electron chi connectivity index (χ3n) is 2.68. The molecule has 0 atom stereocenters. The number of hydrogen-bond donors (Lipinski definition) is 1. The van der Waals surface area contributed by atoms with Gasteiger partial charge in [-0.3, -0.25) is 4.79 Å². The lowest BCUT2D eigenvalue weighted by Gasteiger charge is -2.16. The van der Waals surface area contributed by atoms with Crippen molar-refractivity contribution in [2.24, 2.45) is 0 Å². The van der Waals surface area contributed by atoms with Gasteiger partial charge in [0.25, 0.3) is 0 Å². The first-order valence-electron chi connectivity index (χ1n) is 6.17. The second-order valence-electron chi connectivity index (χ2n) is 3.84. The van der Waals surface area contributed by atoms with Crippen LogP contribution in [0, 0.1) is 0 Å². The van der Waals surface area contributed by atoms with Gasteiger partial charge >= 0.3 is 0 Å². The van der Waals surface area contributed by atoms with Crippen LogP contribution in [0.1, 0.15) is 27.7 Å². The summed E-state index contributed by atoms with van der Waals surface area (Å²) in [5.41, 5.74) is 1.45. The van der Waals surface area contributed by atoms with Gasteiger partial charge in [-0.1, -0.05) is 24.8 Å². The molecule has 0 fully saturated rings. The highest BCUT2D eigenvalue weighted by Gasteiger charge is 2.10. The van der Waals surface area contributed by atoms with E-state index in [0.29, 0.717) is 18.7 Å². The summed E-state index contributed by atoms with van der Waals surface area (Å²) in [5.74, 6) is -0.209. The van der Waals surface area contributed by atoms with E-state index in [-0.39, 0.29) is 11.7 Å². The van der Waals surface area contributed by atoms with Crippen molar-refractivity contribution in [1.29, 1.82) is 0 Å². The molecule has 0 aliphatic heterocycles. The lowest BCUT2D eigenvalue weighted by Crippen LogP contribution is -2.29. The van der Waals surface area contributed by atoms with E-state index in [1.807, 2.05) is 33.8 Å². The Kier molecular flexibility index (Phi) is 7.52. The molecule has 0 aromatic carbocycles. The van der Waals surface area contributed by atoms with Crippen LogP contribution in [0.15, 0.2) is 47.8 Å². The number of likely N-dealkylation sites (N-methyl/N-ethyl adjacent to an activating group) is 1. The molecule has 3 heteroatoms. The summed E-state index contributed by atoms with van der Waals surface area (Å²) in [6.45, 7) is 12.4. The Morgan fingerprint density at radius 1 is 1.33 bits per heavy atom. The first kappa shape index (κ1) is 16.2. The summed E-state index contributed by atoms with van der Waals surface area (Å²) in [7, 11) is 0. The zero-order valence-electron chi connectivity index (χ0n) is 11.7. The zero-order chi connectivity index (χ0) is 14.1. The maximum atomic E-state index is 11.9. The number of allylic oxidation sites excluding steroid dienone is 4. The maximum Gasteiger partial charge on any atom is 0.250 e. The van der Waals surface area contributed by atoms with Crippen molar-refractivity contribution in [3.63, 3.8) is 0 Å². The largest absolute Gasteiger partial charge is 0.507 e. The second-order valence-corrected chi connectivity index (χ2v) is 3.84. The molecule has 0 aromatic rings. The number of carbonyl (C=O) groups is 1. The minimum atomic E-state index is -0.184. The van der Waals surface area contributed by atoms with E-state index in [2.05, 4.69) is 6.58 Å².